The fourth-order valence-corrected chi connectivity index (χ4v) is 3.09. The molecule has 0 saturated heterocycles. The maximum absolute atomic E-state index is 14.1. The van der Waals surface area contributed by atoms with Gasteiger partial charge in [-0.1, -0.05) is 48.0 Å². The summed E-state index contributed by atoms with van der Waals surface area (Å²) < 4.78 is 14.1. The number of rotatable bonds is 4. The highest BCUT2D eigenvalue weighted by molar-refractivity contribution is 6.31. The Morgan fingerprint density at radius 3 is 2.64 bits per heavy atom. The number of hydrogen-bond acceptors (Lipinski definition) is 3. The van der Waals surface area contributed by atoms with Crippen LogP contribution in [0.25, 0.3) is 0 Å². The molecule has 3 rings (SSSR count). The Labute approximate surface area is 134 Å². The number of halogens is 2. The van der Waals surface area contributed by atoms with Crippen LogP contribution < -0.4 is 11.1 Å². The van der Waals surface area contributed by atoms with E-state index in [0.717, 1.165) is 5.56 Å². The molecule has 1 heterocycles. The zero-order valence-corrected chi connectivity index (χ0v) is 12.7. The van der Waals surface area contributed by atoms with Gasteiger partial charge in [-0.2, -0.15) is 0 Å². The number of benzene rings is 2. The van der Waals surface area contributed by atoms with Crippen LogP contribution >= 0.6 is 11.6 Å². The fraction of sp³-hybridized carbons (Fsp3) is 0.235. The molecule has 2 unspecified atom stereocenters. The molecule has 0 radical (unpaired) electrons. The van der Waals surface area contributed by atoms with E-state index in [-0.39, 0.29) is 17.8 Å². The van der Waals surface area contributed by atoms with Crippen molar-refractivity contribution in [3.63, 3.8) is 0 Å². The van der Waals surface area contributed by atoms with E-state index in [4.69, 9.17) is 17.3 Å². The lowest BCUT2D eigenvalue weighted by molar-refractivity contribution is 0.504. The first-order valence-corrected chi connectivity index (χ1v) is 7.57. The second-order valence-corrected chi connectivity index (χ2v) is 5.81. The van der Waals surface area contributed by atoms with Crippen LogP contribution in [0.5, 0.6) is 0 Å². The molecule has 0 aliphatic carbocycles. The fourth-order valence-electron chi connectivity index (χ4n) is 2.85. The molecule has 22 heavy (non-hydrogen) atoms. The third-order valence-electron chi connectivity index (χ3n) is 3.99. The molecule has 5 heteroatoms. The standard InChI is InChI=1S/C17H17ClFN3/c18-14-7-4-8-15(19)13(14)9-12(11-5-2-1-3-6-11)16-10-21-17(20)22-16/h1-8,12,16H,9-10H2,(H3,20,21,22). The Balaban J connectivity index is 1.92. The first-order valence-electron chi connectivity index (χ1n) is 7.19. The van der Waals surface area contributed by atoms with E-state index in [1.165, 1.54) is 6.07 Å². The molecule has 2 atom stereocenters. The number of nitrogens with two attached hydrogens (primary N) is 1. The van der Waals surface area contributed by atoms with Crippen molar-refractivity contribution in [1.29, 1.82) is 0 Å². The molecule has 2 aromatic carbocycles. The van der Waals surface area contributed by atoms with Gasteiger partial charge in [0.2, 0.25) is 0 Å². The van der Waals surface area contributed by atoms with Gasteiger partial charge < -0.3 is 11.1 Å². The van der Waals surface area contributed by atoms with Crippen LogP contribution in [0.15, 0.2) is 53.5 Å². The Kier molecular flexibility index (Phi) is 4.29. The average Bonchev–Trinajstić information content (AvgIpc) is 2.94. The SMILES string of the molecule is NC1=NCC(C(Cc2c(F)cccc2Cl)c2ccccc2)N1. The minimum absolute atomic E-state index is 0.0399. The van der Waals surface area contributed by atoms with E-state index in [9.17, 15) is 4.39 Å². The Hall–Kier alpha value is -2.07. The molecule has 3 nitrogen and oxygen atoms in total. The Morgan fingerprint density at radius 2 is 2.00 bits per heavy atom. The molecule has 1 aliphatic rings. The second-order valence-electron chi connectivity index (χ2n) is 5.40. The molecule has 0 saturated carbocycles. The summed E-state index contributed by atoms with van der Waals surface area (Å²) >= 11 is 6.18. The number of hydrogen-bond donors (Lipinski definition) is 2. The van der Waals surface area contributed by atoms with Crippen molar-refractivity contribution in [1.82, 2.24) is 5.32 Å². The third kappa shape index (κ3) is 3.07. The van der Waals surface area contributed by atoms with Crippen LogP contribution in [-0.2, 0) is 6.42 Å². The number of nitrogens with one attached hydrogen (secondary N) is 1. The lowest BCUT2D eigenvalue weighted by Gasteiger charge is -2.25. The van der Waals surface area contributed by atoms with Crippen molar-refractivity contribution in [3.05, 3.63) is 70.5 Å². The maximum atomic E-state index is 14.1. The summed E-state index contributed by atoms with van der Waals surface area (Å²) in [6.07, 6.45) is 0.496. The largest absolute Gasteiger partial charge is 0.370 e. The summed E-state index contributed by atoms with van der Waals surface area (Å²) in [6.45, 7) is 0.581. The molecule has 114 valence electrons. The predicted molar refractivity (Wildman–Crippen MR) is 87.7 cm³/mol. The van der Waals surface area contributed by atoms with Crippen molar-refractivity contribution < 1.29 is 4.39 Å². The quantitative estimate of drug-likeness (QED) is 0.910. The number of aliphatic imine (C=N–C) groups is 1. The second kappa shape index (κ2) is 6.36. The van der Waals surface area contributed by atoms with Gasteiger partial charge in [0.05, 0.1) is 12.6 Å². The van der Waals surface area contributed by atoms with E-state index in [0.29, 0.717) is 29.5 Å². The van der Waals surface area contributed by atoms with Crippen molar-refractivity contribution in [2.75, 3.05) is 6.54 Å². The molecule has 0 bridgehead atoms. The van der Waals surface area contributed by atoms with Crippen LogP contribution in [0.4, 0.5) is 4.39 Å². The van der Waals surface area contributed by atoms with Crippen molar-refractivity contribution in [3.8, 4) is 0 Å². The molecular weight excluding hydrogens is 301 g/mol. The maximum Gasteiger partial charge on any atom is 0.188 e. The highest BCUT2D eigenvalue weighted by Gasteiger charge is 2.28. The van der Waals surface area contributed by atoms with Gasteiger partial charge in [0.1, 0.15) is 5.82 Å². The molecule has 0 amide bonds. The van der Waals surface area contributed by atoms with E-state index >= 15 is 0 Å². The first kappa shape index (κ1) is 14.9. The number of nitrogens with zero attached hydrogens (tertiary/aromatic N) is 1. The lowest BCUT2D eigenvalue weighted by Crippen LogP contribution is -2.39. The van der Waals surface area contributed by atoms with Crippen molar-refractivity contribution >= 4 is 17.6 Å². The summed E-state index contributed by atoms with van der Waals surface area (Å²) in [5.74, 6) is 0.200. The van der Waals surface area contributed by atoms with Gasteiger partial charge in [0, 0.05) is 16.5 Å². The van der Waals surface area contributed by atoms with Crippen LogP contribution in [0.1, 0.15) is 17.0 Å². The molecule has 0 spiro atoms. The van der Waals surface area contributed by atoms with E-state index < -0.39 is 0 Å². The lowest BCUT2D eigenvalue weighted by atomic mass is 9.86. The Bertz CT molecular complexity index is 667. The topological polar surface area (TPSA) is 50.4 Å². The summed E-state index contributed by atoms with van der Waals surface area (Å²) in [5.41, 5.74) is 7.38. The number of guanidine groups is 1. The summed E-state index contributed by atoms with van der Waals surface area (Å²) in [4.78, 5) is 4.21. The minimum atomic E-state index is -0.277. The molecule has 0 aromatic heterocycles. The summed E-state index contributed by atoms with van der Waals surface area (Å²) in [6, 6.07) is 14.8. The molecule has 3 N–H and O–H groups in total. The smallest absolute Gasteiger partial charge is 0.188 e. The monoisotopic (exact) mass is 317 g/mol. The zero-order valence-electron chi connectivity index (χ0n) is 12.0. The highest BCUT2D eigenvalue weighted by atomic mass is 35.5. The van der Waals surface area contributed by atoms with E-state index in [1.807, 2.05) is 30.3 Å². The van der Waals surface area contributed by atoms with Crippen LogP contribution in [-0.4, -0.2) is 18.5 Å². The van der Waals surface area contributed by atoms with Gasteiger partial charge in [-0.05, 0) is 24.1 Å². The molecular formula is C17H17ClFN3. The normalized spacial score (nSPS) is 18.6. The first-order chi connectivity index (χ1) is 10.6. The van der Waals surface area contributed by atoms with Crippen LogP contribution in [0, 0.1) is 5.82 Å². The van der Waals surface area contributed by atoms with Gasteiger partial charge in [-0.15, -0.1) is 0 Å². The van der Waals surface area contributed by atoms with E-state index in [2.05, 4.69) is 10.3 Å². The highest BCUT2D eigenvalue weighted by Crippen LogP contribution is 2.30. The van der Waals surface area contributed by atoms with Gasteiger partial charge in [-0.25, -0.2) is 4.39 Å². The van der Waals surface area contributed by atoms with Gasteiger partial charge in [-0.3, -0.25) is 4.99 Å². The minimum Gasteiger partial charge on any atom is -0.370 e. The van der Waals surface area contributed by atoms with Crippen LogP contribution in [0.2, 0.25) is 5.02 Å². The van der Waals surface area contributed by atoms with Gasteiger partial charge in [0.25, 0.3) is 0 Å². The van der Waals surface area contributed by atoms with E-state index in [1.54, 1.807) is 12.1 Å². The summed E-state index contributed by atoms with van der Waals surface area (Å²) in [5, 5.41) is 3.63. The van der Waals surface area contributed by atoms with Gasteiger partial charge in [0.15, 0.2) is 5.96 Å². The van der Waals surface area contributed by atoms with Crippen molar-refractivity contribution in [2.24, 2.45) is 10.7 Å². The zero-order chi connectivity index (χ0) is 15.5. The predicted octanol–water partition coefficient (Wildman–Crippen LogP) is 3.09. The average molecular weight is 318 g/mol. The molecule has 0 fully saturated rings. The molecule has 2 aromatic rings. The van der Waals surface area contributed by atoms with Crippen molar-refractivity contribution in [2.45, 2.75) is 18.4 Å². The Morgan fingerprint density at radius 1 is 1.23 bits per heavy atom. The molecule has 1 aliphatic heterocycles. The third-order valence-corrected chi connectivity index (χ3v) is 4.34. The summed E-state index contributed by atoms with van der Waals surface area (Å²) in [7, 11) is 0. The van der Waals surface area contributed by atoms with Gasteiger partial charge >= 0.3 is 0 Å². The van der Waals surface area contributed by atoms with Crippen LogP contribution in [0.3, 0.4) is 0 Å².